The van der Waals surface area contributed by atoms with Crippen LogP contribution in [0.3, 0.4) is 0 Å². The zero-order valence-electron chi connectivity index (χ0n) is 13.3. The molecule has 2 heterocycles. The molecule has 2 unspecified atom stereocenters. The van der Waals surface area contributed by atoms with Gasteiger partial charge in [-0.2, -0.15) is 0 Å². The van der Waals surface area contributed by atoms with Crippen molar-refractivity contribution in [3.63, 3.8) is 0 Å². The summed E-state index contributed by atoms with van der Waals surface area (Å²) in [5.41, 5.74) is 11.0. The molecule has 0 saturated carbocycles. The van der Waals surface area contributed by atoms with Crippen LogP contribution in [0.4, 0.5) is 5.69 Å². The minimum absolute atomic E-state index is 0.0391. The van der Waals surface area contributed by atoms with Gasteiger partial charge in [0.2, 0.25) is 0 Å². The normalized spacial score (nSPS) is 20.9. The fourth-order valence-electron chi connectivity index (χ4n) is 3.38. The highest BCUT2D eigenvalue weighted by Gasteiger charge is 2.38. The van der Waals surface area contributed by atoms with Gasteiger partial charge in [0.1, 0.15) is 0 Å². The van der Waals surface area contributed by atoms with E-state index in [0.29, 0.717) is 0 Å². The van der Waals surface area contributed by atoms with E-state index in [1.54, 1.807) is 6.20 Å². The van der Waals surface area contributed by atoms with Gasteiger partial charge in [0.05, 0.1) is 0 Å². The maximum Gasteiger partial charge on any atom is 0.0433 e. The Morgan fingerprint density at radius 3 is 2.67 bits per heavy atom. The molecule has 0 radical (unpaired) electrons. The van der Waals surface area contributed by atoms with Crippen LogP contribution in [-0.2, 0) is 6.42 Å². The molecule has 5 heteroatoms. The average Bonchev–Trinajstić information content (AvgIpc) is 2.54. The first-order valence-electron chi connectivity index (χ1n) is 8.01. The number of rotatable bonds is 6. The average molecular weight is 291 g/mol. The molecule has 5 nitrogen and oxygen atoms in total. The van der Waals surface area contributed by atoms with Gasteiger partial charge in [-0.1, -0.05) is 13.3 Å². The summed E-state index contributed by atoms with van der Waals surface area (Å²) >= 11 is 0. The molecule has 0 bridgehead atoms. The summed E-state index contributed by atoms with van der Waals surface area (Å²) in [5.74, 6) is 5.90. The lowest BCUT2D eigenvalue weighted by Gasteiger charge is -2.48. The number of nitrogens with two attached hydrogens (primary N) is 2. The molecule has 2 atom stereocenters. The summed E-state index contributed by atoms with van der Waals surface area (Å²) in [6.07, 6.45) is 9.34. The van der Waals surface area contributed by atoms with Crippen molar-refractivity contribution >= 4 is 5.69 Å². The second kappa shape index (κ2) is 7.20. The number of nitrogens with zero attached hydrogens (tertiary/aromatic N) is 2. The molecule has 0 spiro atoms. The van der Waals surface area contributed by atoms with Crippen LogP contribution >= 0.6 is 0 Å². The standard InChI is InChI=1S/C16H29N5/c1-3-16(2,21-9-5-4-6-10-21)15(20-18)11-13-12-19-8-7-14(13)17/h7-8,12,15,20H,3-6,9-11,18H2,1-2H3,(H2,17,19). The van der Waals surface area contributed by atoms with E-state index < -0.39 is 0 Å². The molecule has 118 valence electrons. The van der Waals surface area contributed by atoms with Gasteiger partial charge in [-0.3, -0.25) is 21.2 Å². The molecule has 1 aromatic heterocycles. The SMILES string of the molecule is CCC(C)(C(Cc1cnccc1N)NN)N1CCCCC1. The highest BCUT2D eigenvalue weighted by Crippen LogP contribution is 2.29. The Labute approximate surface area is 128 Å². The predicted octanol–water partition coefficient (Wildman–Crippen LogP) is 1.69. The molecule has 2 rings (SSSR count). The largest absolute Gasteiger partial charge is 0.398 e. The van der Waals surface area contributed by atoms with Crippen LogP contribution in [-0.4, -0.2) is 34.6 Å². The third kappa shape index (κ3) is 3.54. The van der Waals surface area contributed by atoms with Crippen LogP contribution in [0.5, 0.6) is 0 Å². The summed E-state index contributed by atoms with van der Waals surface area (Å²) in [7, 11) is 0. The Kier molecular flexibility index (Phi) is 5.56. The summed E-state index contributed by atoms with van der Waals surface area (Å²) in [6.45, 7) is 6.87. The van der Waals surface area contributed by atoms with E-state index in [1.165, 1.54) is 19.3 Å². The number of hydrazine groups is 1. The highest BCUT2D eigenvalue weighted by molar-refractivity contribution is 5.44. The van der Waals surface area contributed by atoms with Crippen molar-refractivity contribution in [2.45, 2.75) is 57.5 Å². The Morgan fingerprint density at radius 1 is 1.38 bits per heavy atom. The van der Waals surface area contributed by atoms with Crippen LogP contribution in [0.2, 0.25) is 0 Å². The Morgan fingerprint density at radius 2 is 2.10 bits per heavy atom. The monoisotopic (exact) mass is 291 g/mol. The Hall–Kier alpha value is -1.17. The number of likely N-dealkylation sites (tertiary alicyclic amines) is 1. The molecule has 1 aliphatic heterocycles. The zero-order chi connectivity index (χ0) is 15.3. The third-order valence-electron chi connectivity index (χ3n) is 5.11. The molecule has 1 aliphatic rings. The van der Waals surface area contributed by atoms with E-state index >= 15 is 0 Å². The number of nitrogens with one attached hydrogen (secondary N) is 1. The van der Waals surface area contributed by atoms with E-state index in [2.05, 4.69) is 29.2 Å². The molecule has 21 heavy (non-hydrogen) atoms. The molecule has 1 aromatic rings. The van der Waals surface area contributed by atoms with Crippen molar-refractivity contribution in [3.8, 4) is 0 Å². The zero-order valence-corrected chi connectivity index (χ0v) is 13.3. The molecule has 0 aromatic carbocycles. The van der Waals surface area contributed by atoms with Gasteiger partial charge in [0.25, 0.3) is 0 Å². The van der Waals surface area contributed by atoms with Gasteiger partial charge in [-0.15, -0.1) is 0 Å². The van der Waals surface area contributed by atoms with Crippen LogP contribution in [0.1, 0.15) is 45.1 Å². The number of hydrogen-bond acceptors (Lipinski definition) is 5. The van der Waals surface area contributed by atoms with Gasteiger partial charge in [0.15, 0.2) is 0 Å². The van der Waals surface area contributed by atoms with E-state index in [9.17, 15) is 0 Å². The van der Waals surface area contributed by atoms with Crippen molar-refractivity contribution in [2.75, 3.05) is 18.8 Å². The number of anilines is 1. The van der Waals surface area contributed by atoms with Crippen LogP contribution in [0.25, 0.3) is 0 Å². The van der Waals surface area contributed by atoms with Crippen molar-refractivity contribution in [3.05, 3.63) is 24.0 Å². The number of aromatic nitrogens is 1. The lowest BCUT2D eigenvalue weighted by Crippen LogP contribution is -2.62. The van der Waals surface area contributed by atoms with Crippen molar-refractivity contribution < 1.29 is 0 Å². The summed E-state index contributed by atoms with van der Waals surface area (Å²) in [4.78, 5) is 6.78. The first-order valence-corrected chi connectivity index (χ1v) is 8.01. The molecule has 0 amide bonds. The van der Waals surface area contributed by atoms with Gasteiger partial charge in [-0.25, -0.2) is 0 Å². The maximum atomic E-state index is 6.06. The molecular formula is C16H29N5. The summed E-state index contributed by atoms with van der Waals surface area (Å²) in [5, 5.41) is 0. The lowest BCUT2D eigenvalue weighted by atomic mass is 9.82. The minimum atomic E-state index is 0.0391. The number of pyridine rings is 1. The van der Waals surface area contributed by atoms with Crippen LogP contribution in [0, 0.1) is 0 Å². The summed E-state index contributed by atoms with van der Waals surface area (Å²) < 4.78 is 0. The smallest absolute Gasteiger partial charge is 0.0433 e. The second-order valence-electron chi connectivity index (χ2n) is 6.26. The first-order chi connectivity index (χ1) is 10.1. The number of hydrogen-bond donors (Lipinski definition) is 3. The third-order valence-corrected chi connectivity index (χ3v) is 5.11. The van der Waals surface area contributed by atoms with Gasteiger partial charge in [-0.05, 0) is 57.3 Å². The fourth-order valence-corrected chi connectivity index (χ4v) is 3.38. The quantitative estimate of drug-likeness (QED) is 0.549. The highest BCUT2D eigenvalue weighted by atomic mass is 15.3. The lowest BCUT2D eigenvalue weighted by molar-refractivity contribution is 0.0429. The maximum absolute atomic E-state index is 6.06. The van der Waals surface area contributed by atoms with E-state index in [1.807, 2.05) is 12.3 Å². The molecule has 1 saturated heterocycles. The molecule has 1 fully saturated rings. The molecule has 0 aliphatic carbocycles. The van der Waals surface area contributed by atoms with E-state index in [0.717, 1.165) is 37.2 Å². The van der Waals surface area contributed by atoms with E-state index in [-0.39, 0.29) is 11.6 Å². The minimum Gasteiger partial charge on any atom is -0.398 e. The van der Waals surface area contributed by atoms with Gasteiger partial charge >= 0.3 is 0 Å². The van der Waals surface area contributed by atoms with Crippen molar-refractivity contribution in [1.82, 2.24) is 15.3 Å². The number of nitrogen functional groups attached to an aromatic ring is 1. The fraction of sp³-hybridized carbons (Fsp3) is 0.688. The Bertz CT molecular complexity index is 444. The predicted molar refractivity (Wildman–Crippen MR) is 87.6 cm³/mol. The molecular weight excluding hydrogens is 262 g/mol. The molecule has 5 N–H and O–H groups in total. The Balaban J connectivity index is 2.18. The second-order valence-corrected chi connectivity index (χ2v) is 6.26. The summed E-state index contributed by atoms with van der Waals surface area (Å²) in [6, 6.07) is 2.01. The van der Waals surface area contributed by atoms with Crippen LogP contribution < -0.4 is 17.0 Å². The van der Waals surface area contributed by atoms with Crippen molar-refractivity contribution in [2.24, 2.45) is 5.84 Å². The van der Waals surface area contributed by atoms with E-state index in [4.69, 9.17) is 11.6 Å². The van der Waals surface area contributed by atoms with Gasteiger partial charge < -0.3 is 5.73 Å². The number of piperidine rings is 1. The van der Waals surface area contributed by atoms with Gasteiger partial charge in [0, 0.05) is 29.7 Å². The first kappa shape index (κ1) is 16.2. The van der Waals surface area contributed by atoms with Crippen molar-refractivity contribution in [1.29, 1.82) is 0 Å². The topological polar surface area (TPSA) is 80.2 Å². The van der Waals surface area contributed by atoms with Crippen LogP contribution in [0.15, 0.2) is 18.5 Å².